The molecule has 3 saturated carbocycles. The Balaban J connectivity index is 1.13. The molecule has 0 radical (unpaired) electrons. The molecule has 4 fully saturated rings. The molecule has 3 aromatic rings. The predicted octanol–water partition coefficient (Wildman–Crippen LogP) is 2.67. The number of aliphatic hydroxyl groups is 2. The summed E-state index contributed by atoms with van der Waals surface area (Å²) in [6.45, 7) is 2.62. The Labute approximate surface area is 233 Å². The van der Waals surface area contributed by atoms with Gasteiger partial charge in [0.05, 0.1) is 19.8 Å². The third-order valence-electron chi connectivity index (χ3n) is 8.86. The predicted molar refractivity (Wildman–Crippen MR) is 136 cm³/mol. The van der Waals surface area contributed by atoms with Gasteiger partial charge in [-0.15, -0.1) is 5.10 Å². The molecule has 3 aliphatic carbocycles. The fourth-order valence-electron chi connectivity index (χ4n) is 6.76. The second-order valence-corrected chi connectivity index (χ2v) is 11.6. The van der Waals surface area contributed by atoms with Gasteiger partial charge in [-0.1, -0.05) is 12.1 Å². The van der Waals surface area contributed by atoms with E-state index < -0.39 is 52.2 Å². The number of nitrogens with zero attached hydrogens (tertiary/aromatic N) is 5. The molecule has 1 aliphatic heterocycles. The maximum absolute atomic E-state index is 16.3. The van der Waals surface area contributed by atoms with Crippen LogP contribution in [0.25, 0.3) is 0 Å². The van der Waals surface area contributed by atoms with Crippen LogP contribution in [0.5, 0.6) is 5.75 Å². The van der Waals surface area contributed by atoms with Crippen LogP contribution in [0.1, 0.15) is 30.4 Å². The van der Waals surface area contributed by atoms with Crippen LogP contribution in [0.3, 0.4) is 0 Å². The molecule has 7 rings (SSSR count). The van der Waals surface area contributed by atoms with Crippen molar-refractivity contribution in [1.29, 1.82) is 0 Å². The Bertz CT molecular complexity index is 1350. The van der Waals surface area contributed by atoms with E-state index in [1.54, 1.807) is 12.1 Å². The number of alkyl halides is 2. The van der Waals surface area contributed by atoms with E-state index in [0.717, 1.165) is 41.8 Å². The Hall–Kier alpha value is -3.13. The molecule has 2 aromatic carbocycles. The largest absolute Gasteiger partial charge is 0.491 e. The van der Waals surface area contributed by atoms with Crippen molar-refractivity contribution >= 4 is 0 Å². The number of halogens is 4. The van der Waals surface area contributed by atoms with E-state index in [2.05, 4.69) is 20.4 Å². The average Bonchev–Trinajstić information content (AvgIpc) is 3.40. The Morgan fingerprint density at radius 1 is 1.05 bits per heavy atom. The fourth-order valence-corrected chi connectivity index (χ4v) is 6.76. The lowest BCUT2D eigenvalue weighted by Crippen LogP contribution is -2.76. The smallest absolute Gasteiger partial charge is 0.287 e. The lowest BCUT2D eigenvalue weighted by atomic mass is 9.30. The number of morpholine rings is 1. The number of benzene rings is 2. The minimum Gasteiger partial charge on any atom is -0.491 e. The highest BCUT2D eigenvalue weighted by Crippen LogP contribution is 2.80. The van der Waals surface area contributed by atoms with E-state index in [0.29, 0.717) is 31.6 Å². The van der Waals surface area contributed by atoms with Crippen LogP contribution < -0.4 is 4.74 Å². The first kappa shape index (κ1) is 28.0. The second-order valence-electron chi connectivity index (χ2n) is 11.6. The van der Waals surface area contributed by atoms with Crippen molar-refractivity contribution in [3.63, 3.8) is 0 Å². The zero-order valence-corrected chi connectivity index (χ0v) is 22.2. The first-order chi connectivity index (χ1) is 19.6. The average molecular weight is 578 g/mol. The van der Waals surface area contributed by atoms with E-state index in [1.165, 1.54) is 0 Å². The number of rotatable bonds is 11. The molecule has 0 amide bonds. The molecular weight excluding hydrogens is 546 g/mol. The topological polar surface area (TPSA) is 106 Å². The van der Waals surface area contributed by atoms with Gasteiger partial charge < -0.3 is 19.7 Å². The van der Waals surface area contributed by atoms with Crippen molar-refractivity contribution in [1.82, 2.24) is 25.1 Å². The lowest BCUT2D eigenvalue weighted by Gasteiger charge is -2.74. The highest BCUT2D eigenvalue weighted by atomic mass is 19.3. The van der Waals surface area contributed by atoms with Gasteiger partial charge in [0, 0.05) is 36.7 Å². The van der Waals surface area contributed by atoms with Crippen LogP contribution in [0.15, 0.2) is 48.8 Å². The number of aliphatic hydroxyl groups excluding tert-OH is 1. The van der Waals surface area contributed by atoms with Gasteiger partial charge in [-0.05, 0) is 64.9 Å². The second kappa shape index (κ2) is 10.3. The standard InChI is InChI=1S/C28H31F4N5O4/c29-20-3-6-23(24(30)11-20)27(39,17-37-18-33-34-35-37)28(31,32)26-14-25(15-26,16-26)19-1-4-22(5-2-19)41-13-21(38)12-36-7-9-40-10-8-36/h1-6,11,18,21,38-39H,7-10,12-17H2/t21-,25?,26?,27+/m0/s1. The molecule has 1 aromatic heterocycles. The van der Waals surface area contributed by atoms with Crippen LogP contribution in [0.4, 0.5) is 17.6 Å². The highest BCUT2D eigenvalue weighted by molar-refractivity contribution is 5.44. The minimum absolute atomic E-state index is 0.0895. The zero-order valence-electron chi connectivity index (χ0n) is 22.2. The van der Waals surface area contributed by atoms with E-state index in [1.807, 2.05) is 12.1 Å². The molecule has 0 spiro atoms. The van der Waals surface area contributed by atoms with Crippen molar-refractivity contribution < 1.29 is 37.2 Å². The highest BCUT2D eigenvalue weighted by Gasteiger charge is 2.82. The summed E-state index contributed by atoms with van der Waals surface area (Å²) < 4.78 is 73.1. The van der Waals surface area contributed by atoms with Crippen molar-refractivity contribution in [2.75, 3.05) is 39.5 Å². The van der Waals surface area contributed by atoms with Gasteiger partial charge in [0.1, 0.15) is 36.4 Å². The number of aromatic nitrogens is 4. The SMILES string of the molecule is O[C@H](COc1ccc(C23CC(C(F)(F)[C@@](O)(Cn4cnnn4)c4ccc(F)cc4F)(C2)C3)cc1)CN1CCOCC1. The molecular formula is C28H31F4N5O4. The summed E-state index contributed by atoms with van der Waals surface area (Å²) in [5, 5.41) is 32.2. The number of hydrogen-bond acceptors (Lipinski definition) is 8. The summed E-state index contributed by atoms with van der Waals surface area (Å²) in [7, 11) is 0. The lowest BCUT2D eigenvalue weighted by molar-refractivity contribution is -0.347. The molecule has 2 N–H and O–H groups in total. The zero-order chi connectivity index (χ0) is 28.9. The van der Waals surface area contributed by atoms with Crippen LogP contribution in [0.2, 0.25) is 0 Å². The quantitative estimate of drug-likeness (QED) is 0.336. The summed E-state index contributed by atoms with van der Waals surface area (Å²) in [5.41, 5.74) is -4.93. The van der Waals surface area contributed by atoms with E-state index in [-0.39, 0.29) is 25.9 Å². The van der Waals surface area contributed by atoms with Gasteiger partial charge in [-0.2, -0.15) is 0 Å². The van der Waals surface area contributed by atoms with Gasteiger partial charge in [0.2, 0.25) is 0 Å². The Morgan fingerprint density at radius 2 is 1.76 bits per heavy atom. The summed E-state index contributed by atoms with van der Waals surface area (Å²) in [6.07, 6.45) is 0.660. The summed E-state index contributed by atoms with van der Waals surface area (Å²) in [5.74, 6) is -5.44. The Morgan fingerprint density at radius 3 is 2.39 bits per heavy atom. The van der Waals surface area contributed by atoms with Crippen molar-refractivity contribution in [2.24, 2.45) is 5.41 Å². The molecule has 41 heavy (non-hydrogen) atoms. The first-order valence-corrected chi connectivity index (χ1v) is 13.5. The van der Waals surface area contributed by atoms with Crippen LogP contribution in [-0.4, -0.2) is 86.8 Å². The molecule has 4 aliphatic rings. The van der Waals surface area contributed by atoms with Gasteiger partial charge in [0.15, 0.2) is 5.60 Å². The monoisotopic (exact) mass is 577 g/mol. The normalized spacial score (nSPS) is 26.5. The fraction of sp³-hybridized carbons (Fsp3) is 0.536. The van der Waals surface area contributed by atoms with Gasteiger partial charge in [-0.3, -0.25) is 4.90 Å². The number of β-amino-alcohol motifs (C(OH)–C–C–N with tert-alkyl or cyclic N) is 1. The van der Waals surface area contributed by atoms with Crippen LogP contribution in [0, 0.1) is 17.0 Å². The molecule has 2 heterocycles. The number of ether oxygens (including phenoxy) is 2. The van der Waals surface area contributed by atoms with Crippen molar-refractivity contribution in [3.8, 4) is 5.75 Å². The van der Waals surface area contributed by atoms with Crippen LogP contribution >= 0.6 is 0 Å². The Kier molecular flexibility index (Phi) is 7.04. The molecule has 0 unspecified atom stereocenters. The maximum atomic E-state index is 16.3. The van der Waals surface area contributed by atoms with Crippen molar-refractivity contribution in [3.05, 3.63) is 71.6 Å². The van der Waals surface area contributed by atoms with Crippen molar-refractivity contribution in [2.45, 2.75) is 48.8 Å². The number of tetrazole rings is 1. The first-order valence-electron chi connectivity index (χ1n) is 13.5. The molecule has 2 bridgehead atoms. The molecule has 9 nitrogen and oxygen atoms in total. The molecule has 1 saturated heterocycles. The summed E-state index contributed by atoms with van der Waals surface area (Å²) in [4.78, 5) is 2.11. The molecule has 13 heteroatoms. The van der Waals surface area contributed by atoms with E-state index >= 15 is 8.78 Å². The maximum Gasteiger partial charge on any atom is 0.287 e. The van der Waals surface area contributed by atoms with Gasteiger partial charge >= 0.3 is 0 Å². The van der Waals surface area contributed by atoms with E-state index in [4.69, 9.17) is 9.47 Å². The summed E-state index contributed by atoms with van der Waals surface area (Å²) >= 11 is 0. The molecule has 220 valence electrons. The third-order valence-corrected chi connectivity index (χ3v) is 8.86. The van der Waals surface area contributed by atoms with E-state index in [9.17, 15) is 19.0 Å². The third kappa shape index (κ3) is 4.78. The van der Waals surface area contributed by atoms with Crippen LogP contribution in [-0.2, 0) is 22.3 Å². The van der Waals surface area contributed by atoms with Gasteiger partial charge in [-0.25, -0.2) is 22.2 Å². The number of hydrogen-bond donors (Lipinski definition) is 2. The van der Waals surface area contributed by atoms with Gasteiger partial charge in [0.25, 0.3) is 5.92 Å². The molecule has 2 atom stereocenters. The minimum atomic E-state index is -3.79. The summed E-state index contributed by atoms with van der Waals surface area (Å²) in [6, 6.07) is 9.34.